The molecule has 0 aliphatic carbocycles. The van der Waals surface area contributed by atoms with Crippen molar-refractivity contribution in [3.05, 3.63) is 108 Å². The molecule has 0 spiro atoms. The highest BCUT2D eigenvalue weighted by molar-refractivity contribution is 7.72. The highest BCUT2D eigenvalue weighted by Crippen LogP contribution is 2.54. The summed E-state index contributed by atoms with van der Waals surface area (Å²) in [6, 6.07) is 26.0. The van der Waals surface area contributed by atoms with Gasteiger partial charge in [0.25, 0.3) is 0 Å². The molecule has 0 radical (unpaired) electrons. The summed E-state index contributed by atoms with van der Waals surface area (Å²) in [5.74, 6) is 3.60. The minimum Gasteiger partial charge on any atom is -0.495 e. The lowest BCUT2D eigenvalue weighted by Gasteiger charge is -2.17. The van der Waals surface area contributed by atoms with Crippen LogP contribution in [0.15, 0.2) is 96.6 Å². The molecule has 29 heavy (non-hydrogen) atoms. The Hall–Kier alpha value is -2.45. The van der Waals surface area contributed by atoms with Crippen molar-refractivity contribution in [2.75, 3.05) is 12.2 Å². The first-order valence-electron chi connectivity index (χ1n) is 8.89. The minimum atomic E-state index is -3.34. The van der Waals surface area contributed by atoms with E-state index in [-0.39, 0.29) is 0 Å². The van der Waals surface area contributed by atoms with Crippen LogP contribution in [0.25, 0.3) is 10.1 Å². The number of para-hydroxylation sites is 2. The first-order chi connectivity index (χ1) is 14.0. The van der Waals surface area contributed by atoms with Crippen LogP contribution in [-0.2, 0) is 4.57 Å². The molecule has 0 atom stereocenters. The molecule has 148 valence electrons. The minimum absolute atomic E-state index is 0.366. The Morgan fingerprint density at radius 2 is 1.24 bits per heavy atom. The predicted molar refractivity (Wildman–Crippen MR) is 125 cm³/mol. The maximum Gasteiger partial charge on any atom is 0.216 e. The Labute approximate surface area is 181 Å². The second-order valence-corrected chi connectivity index (χ2v) is 9.18. The van der Waals surface area contributed by atoms with E-state index in [2.05, 4.69) is 5.09 Å². The Bertz CT molecular complexity index is 1010. The number of hydrogen-bond acceptors (Lipinski definition) is 2. The van der Waals surface area contributed by atoms with Crippen LogP contribution in [0.5, 0.6) is 5.75 Å². The number of hydrogen-bond donors (Lipinski definition) is 1. The molecule has 0 saturated carbocycles. The number of rotatable bonds is 7. The molecule has 3 aromatic carbocycles. The van der Waals surface area contributed by atoms with Crippen molar-refractivity contribution in [1.82, 2.24) is 0 Å². The third-order valence-corrected chi connectivity index (χ3v) is 6.94. The molecule has 6 heteroatoms. The van der Waals surface area contributed by atoms with E-state index in [1.54, 1.807) is 19.2 Å². The molecule has 0 aromatic heterocycles. The lowest BCUT2D eigenvalue weighted by atomic mass is 10.2. The lowest BCUT2D eigenvalue weighted by molar-refractivity contribution is 0.417. The van der Waals surface area contributed by atoms with Crippen molar-refractivity contribution in [1.29, 1.82) is 0 Å². The Balaban J connectivity index is 2.06. The van der Waals surface area contributed by atoms with Gasteiger partial charge in [-0.3, -0.25) is 4.57 Å². The van der Waals surface area contributed by atoms with Crippen molar-refractivity contribution in [2.45, 2.75) is 0 Å². The zero-order valence-electron chi connectivity index (χ0n) is 15.8. The standard InChI is InChI=1S/C23H20Cl2NO2P/c1-28-23-15-9-8-14-22(23)26-29(27,16-20(24)18-10-4-2-5-11-18)17-21(25)19-12-6-3-7-13-19/h2-17H,1H3,(H,26,27)/b20-16+,21-17+. The summed E-state index contributed by atoms with van der Waals surface area (Å²) in [5, 5.41) is 3.82. The average Bonchev–Trinajstić information content (AvgIpc) is 2.75. The van der Waals surface area contributed by atoms with Crippen LogP contribution in [0.4, 0.5) is 5.69 Å². The van der Waals surface area contributed by atoms with Gasteiger partial charge < -0.3 is 9.82 Å². The quantitative estimate of drug-likeness (QED) is 0.377. The van der Waals surface area contributed by atoms with Crippen molar-refractivity contribution >= 4 is 46.2 Å². The fraction of sp³-hybridized carbons (Fsp3) is 0.0435. The summed E-state index contributed by atoms with van der Waals surface area (Å²) in [5.41, 5.74) is 2.11. The number of ether oxygens (including phenoxy) is 1. The van der Waals surface area contributed by atoms with Gasteiger partial charge in [-0.1, -0.05) is 96.0 Å². The second-order valence-electron chi connectivity index (χ2n) is 6.21. The van der Waals surface area contributed by atoms with Crippen molar-refractivity contribution in [2.24, 2.45) is 0 Å². The fourth-order valence-corrected chi connectivity index (χ4v) is 5.57. The van der Waals surface area contributed by atoms with E-state index in [1.165, 1.54) is 11.6 Å². The van der Waals surface area contributed by atoms with Gasteiger partial charge >= 0.3 is 0 Å². The van der Waals surface area contributed by atoms with Gasteiger partial charge in [-0.05, 0) is 23.3 Å². The normalized spacial score (nSPS) is 12.5. The molecular weight excluding hydrogens is 424 g/mol. The molecule has 0 fully saturated rings. The zero-order valence-corrected chi connectivity index (χ0v) is 18.2. The molecule has 3 aromatic rings. The number of halogens is 2. The largest absolute Gasteiger partial charge is 0.495 e. The molecule has 0 heterocycles. The zero-order chi connectivity index (χ0) is 20.7. The van der Waals surface area contributed by atoms with Crippen LogP contribution in [-0.4, -0.2) is 7.11 Å². The Morgan fingerprint density at radius 1 is 0.793 bits per heavy atom. The van der Waals surface area contributed by atoms with E-state index < -0.39 is 7.29 Å². The van der Waals surface area contributed by atoms with E-state index in [0.29, 0.717) is 21.5 Å². The molecule has 0 amide bonds. The number of anilines is 1. The molecule has 0 saturated heterocycles. The monoisotopic (exact) mass is 443 g/mol. The highest BCUT2D eigenvalue weighted by atomic mass is 35.5. The van der Waals surface area contributed by atoms with Crippen LogP contribution >= 0.6 is 30.5 Å². The summed E-state index contributed by atoms with van der Waals surface area (Å²) < 4.78 is 19.3. The Morgan fingerprint density at radius 3 is 1.72 bits per heavy atom. The van der Waals surface area contributed by atoms with E-state index in [1.807, 2.05) is 72.8 Å². The molecule has 1 N–H and O–H groups in total. The molecule has 0 bridgehead atoms. The summed E-state index contributed by atoms with van der Waals surface area (Å²) >= 11 is 13.0. The van der Waals surface area contributed by atoms with Gasteiger partial charge in [0.15, 0.2) is 0 Å². The second kappa shape index (κ2) is 9.84. The van der Waals surface area contributed by atoms with Gasteiger partial charge in [0.2, 0.25) is 7.29 Å². The van der Waals surface area contributed by atoms with Gasteiger partial charge in [0, 0.05) is 11.6 Å². The molecule has 3 nitrogen and oxygen atoms in total. The molecule has 0 aliphatic rings. The maximum atomic E-state index is 13.9. The van der Waals surface area contributed by atoms with Crippen molar-refractivity contribution in [3.8, 4) is 5.75 Å². The molecule has 0 unspecified atom stereocenters. The van der Waals surface area contributed by atoms with Crippen molar-refractivity contribution in [3.63, 3.8) is 0 Å². The van der Waals surface area contributed by atoms with Crippen LogP contribution in [0, 0.1) is 0 Å². The topological polar surface area (TPSA) is 38.3 Å². The highest BCUT2D eigenvalue weighted by Gasteiger charge is 2.21. The summed E-state index contributed by atoms with van der Waals surface area (Å²) in [6.07, 6.45) is 0. The van der Waals surface area contributed by atoms with E-state index in [0.717, 1.165) is 11.1 Å². The van der Waals surface area contributed by atoms with Gasteiger partial charge in [-0.25, -0.2) is 0 Å². The smallest absolute Gasteiger partial charge is 0.216 e. The van der Waals surface area contributed by atoms with Gasteiger partial charge in [0.05, 0.1) is 22.9 Å². The predicted octanol–water partition coefficient (Wildman–Crippen LogP) is 7.86. The SMILES string of the molecule is COc1ccccc1NP(=O)(/C=C(/Cl)c1ccccc1)/C=C(/Cl)c1ccccc1. The van der Waals surface area contributed by atoms with Crippen molar-refractivity contribution < 1.29 is 9.30 Å². The third kappa shape index (κ3) is 5.77. The van der Waals surface area contributed by atoms with Gasteiger partial charge in [0.1, 0.15) is 5.75 Å². The number of benzene rings is 3. The maximum absolute atomic E-state index is 13.9. The van der Waals surface area contributed by atoms with E-state index in [9.17, 15) is 4.57 Å². The number of nitrogens with one attached hydrogen (secondary N) is 1. The summed E-state index contributed by atoms with van der Waals surface area (Å²) in [6.45, 7) is 0. The first kappa shape index (κ1) is 21.3. The fourth-order valence-electron chi connectivity index (χ4n) is 2.71. The number of methoxy groups -OCH3 is 1. The van der Waals surface area contributed by atoms with Crippen LogP contribution in [0.2, 0.25) is 0 Å². The molecule has 0 aliphatic heterocycles. The molecular formula is C23H20Cl2NO2P. The van der Waals surface area contributed by atoms with Crippen LogP contribution in [0.3, 0.4) is 0 Å². The Kier molecular flexibility index (Phi) is 7.22. The van der Waals surface area contributed by atoms with E-state index in [4.69, 9.17) is 27.9 Å². The third-order valence-electron chi connectivity index (χ3n) is 4.11. The molecule has 3 rings (SSSR count). The van der Waals surface area contributed by atoms with Gasteiger partial charge in [-0.2, -0.15) is 0 Å². The van der Waals surface area contributed by atoms with Gasteiger partial charge in [-0.15, -0.1) is 0 Å². The van der Waals surface area contributed by atoms with E-state index >= 15 is 0 Å². The van der Waals surface area contributed by atoms with Crippen LogP contribution < -0.4 is 9.82 Å². The lowest BCUT2D eigenvalue weighted by Crippen LogP contribution is -1.97. The summed E-state index contributed by atoms with van der Waals surface area (Å²) in [7, 11) is -1.78. The van der Waals surface area contributed by atoms with Crippen LogP contribution in [0.1, 0.15) is 11.1 Å². The first-order valence-corrected chi connectivity index (χ1v) is 11.5. The summed E-state index contributed by atoms with van der Waals surface area (Å²) in [4.78, 5) is 0. The average molecular weight is 444 g/mol.